The van der Waals surface area contributed by atoms with Gasteiger partial charge in [-0.2, -0.15) is 0 Å². The van der Waals surface area contributed by atoms with Crippen LogP contribution in [0.25, 0.3) is 0 Å². The van der Waals surface area contributed by atoms with Gasteiger partial charge < -0.3 is 5.11 Å². The van der Waals surface area contributed by atoms with Gasteiger partial charge in [-0.15, -0.1) is 0 Å². The van der Waals surface area contributed by atoms with Crippen LogP contribution >= 0.6 is 0 Å². The molecule has 24 heavy (non-hydrogen) atoms. The van der Waals surface area contributed by atoms with Crippen LogP contribution in [-0.4, -0.2) is 9.32 Å². The second kappa shape index (κ2) is 7.56. The van der Waals surface area contributed by atoms with Crippen molar-refractivity contribution < 1.29 is 9.32 Å². The first-order chi connectivity index (χ1) is 11.6. The zero-order valence-corrected chi connectivity index (χ0v) is 14.4. The third-order valence-corrected chi connectivity index (χ3v) is 5.50. The van der Waals surface area contributed by atoms with Crippen LogP contribution < -0.4 is 0 Å². The van der Waals surface area contributed by atoms with E-state index in [2.05, 4.69) is 0 Å². The molecule has 3 heteroatoms. The molecule has 0 aliphatic rings. The summed E-state index contributed by atoms with van der Waals surface area (Å²) in [5.74, 6) is 0. The summed E-state index contributed by atoms with van der Waals surface area (Å²) in [4.78, 5) is 1.54. The largest absolute Gasteiger partial charge is 0.388 e. The van der Waals surface area contributed by atoms with E-state index in [1.807, 2.05) is 85.8 Å². The highest BCUT2D eigenvalue weighted by Gasteiger charge is 2.15. The number of aliphatic hydroxyl groups excluding tert-OH is 1. The molecular formula is C21H20O2S. The van der Waals surface area contributed by atoms with Crippen molar-refractivity contribution in [3.8, 4) is 0 Å². The number of aliphatic hydroxyl groups is 1. The van der Waals surface area contributed by atoms with Gasteiger partial charge in [0.2, 0.25) is 0 Å². The maximum atomic E-state index is 12.9. The highest BCUT2D eigenvalue weighted by Crippen LogP contribution is 2.25. The molecule has 0 saturated heterocycles. The van der Waals surface area contributed by atoms with Crippen LogP contribution in [0.15, 0.2) is 88.7 Å². The highest BCUT2D eigenvalue weighted by atomic mass is 32.2. The molecule has 2 nitrogen and oxygen atoms in total. The van der Waals surface area contributed by atoms with Crippen molar-refractivity contribution in [3.63, 3.8) is 0 Å². The van der Waals surface area contributed by atoms with Gasteiger partial charge in [0, 0.05) is 16.2 Å². The fourth-order valence-electron chi connectivity index (χ4n) is 2.64. The predicted molar refractivity (Wildman–Crippen MR) is 97.4 cm³/mol. The van der Waals surface area contributed by atoms with Crippen molar-refractivity contribution in [3.05, 3.63) is 95.6 Å². The lowest BCUT2D eigenvalue weighted by atomic mass is 10.0. The number of benzene rings is 3. The lowest BCUT2D eigenvalue weighted by Gasteiger charge is -2.14. The first-order valence-electron chi connectivity index (χ1n) is 7.94. The van der Waals surface area contributed by atoms with Crippen LogP contribution in [0.1, 0.15) is 22.8 Å². The van der Waals surface area contributed by atoms with Crippen molar-refractivity contribution in [2.24, 2.45) is 0 Å². The van der Waals surface area contributed by atoms with Crippen LogP contribution in [0.5, 0.6) is 0 Å². The third kappa shape index (κ3) is 3.81. The molecule has 1 unspecified atom stereocenters. The Balaban J connectivity index is 1.88. The topological polar surface area (TPSA) is 37.3 Å². The zero-order chi connectivity index (χ0) is 16.9. The van der Waals surface area contributed by atoms with E-state index < -0.39 is 16.9 Å². The van der Waals surface area contributed by atoms with E-state index in [0.717, 1.165) is 26.5 Å². The van der Waals surface area contributed by atoms with E-state index in [-0.39, 0.29) is 0 Å². The second-order valence-electron chi connectivity index (χ2n) is 5.82. The molecule has 2 atom stereocenters. The predicted octanol–water partition coefficient (Wildman–Crippen LogP) is 4.44. The van der Waals surface area contributed by atoms with E-state index in [9.17, 15) is 9.32 Å². The Hall–Kier alpha value is -2.23. The molecule has 0 spiro atoms. The Labute approximate surface area is 145 Å². The first kappa shape index (κ1) is 16.6. The lowest BCUT2D eigenvalue weighted by molar-refractivity contribution is 0.177. The smallest absolute Gasteiger partial charge is 0.0852 e. The Morgan fingerprint density at radius 1 is 0.875 bits per heavy atom. The molecule has 122 valence electrons. The summed E-state index contributed by atoms with van der Waals surface area (Å²) in [5, 5.41) is 10.5. The van der Waals surface area contributed by atoms with E-state index >= 15 is 0 Å². The number of aryl methyl sites for hydroxylation is 1. The van der Waals surface area contributed by atoms with Crippen molar-refractivity contribution in [2.45, 2.75) is 29.2 Å². The van der Waals surface area contributed by atoms with Crippen LogP contribution in [0.4, 0.5) is 0 Å². The normalized spacial score (nSPS) is 13.4. The van der Waals surface area contributed by atoms with Gasteiger partial charge in [0.1, 0.15) is 0 Å². The average Bonchev–Trinajstić information content (AvgIpc) is 2.63. The summed E-state index contributed by atoms with van der Waals surface area (Å²) in [5.41, 5.74) is 2.92. The molecule has 3 rings (SSSR count). The fourth-order valence-corrected chi connectivity index (χ4v) is 3.87. The van der Waals surface area contributed by atoms with Gasteiger partial charge in [0.05, 0.1) is 16.9 Å². The minimum Gasteiger partial charge on any atom is -0.388 e. The second-order valence-corrected chi connectivity index (χ2v) is 7.27. The molecule has 0 amide bonds. The third-order valence-electron chi connectivity index (χ3n) is 4.01. The lowest BCUT2D eigenvalue weighted by Crippen LogP contribution is -2.05. The van der Waals surface area contributed by atoms with Gasteiger partial charge in [-0.05, 0) is 36.2 Å². The molecule has 0 bridgehead atoms. The molecule has 0 aliphatic heterocycles. The maximum absolute atomic E-state index is 12.9. The van der Waals surface area contributed by atoms with Gasteiger partial charge in [-0.25, -0.2) is 4.21 Å². The molecule has 3 aromatic carbocycles. The standard InChI is InChI=1S/C21H20O2S/c1-16-11-13-19(14-12-16)24(23)21-10-6-5-9-18(21)15-20(22)17-7-3-2-4-8-17/h2-14,20,22H,15H2,1H3/t20-,24?/m0/s1. The summed E-state index contributed by atoms with van der Waals surface area (Å²) in [7, 11) is -1.25. The number of rotatable bonds is 5. The Kier molecular flexibility index (Phi) is 5.24. The van der Waals surface area contributed by atoms with Crippen molar-refractivity contribution in [2.75, 3.05) is 0 Å². The monoisotopic (exact) mass is 336 g/mol. The van der Waals surface area contributed by atoms with E-state index in [1.165, 1.54) is 0 Å². The van der Waals surface area contributed by atoms with Gasteiger partial charge in [0.25, 0.3) is 0 Å². The Bertz CT molecular complexity index is 826. The fraction of sp³-hybridized carbons (Fsp3) is 0.143. The molecule has 0 heterocycles. The van der Waals surface area contributed by atoms with E-state index in [0.29, 0.717) is 6.42 Å². The van der Waals surface area contributed by atoms with Crippen LogP contribution in [-0.2, 0) is 17.2 Å². The Morgan fingerprint density at radius 3 is 2.21 bits per heavy atom. The highest BCUT2D eigenvalue weighted by molar-refractivity contribution is 7.85. The molecular weight excluding hydrogens is 316 g/mol. The summed E-state index contributed by atoms with van der Waals surface area (Å²) < 4.78 is 12.9. The number of hydrogen-bond donors (Lipinski definition) is 1. The summed E-state index contributed by atoms with van der Waals surface area (Å²) in [6.07, 6.45) is -0.167. The summed E-state index contributed by atoms with van der Waals surface area (Å²) in [6.45, 7) is 2.01. The van der Waals surface area contributed by atoms with Crippen LogP contribution in [0.3, 0.4) is 0 Å². The van der Waals surface area contributed by atoms with E-state index in [4.69, 9.17) is 0 Å². The quantitative estimate of drug-likeness (QED) is 0.748. The molecule has 0 aromatic heterocycles. The van der Waals surface area contributed by atoms with E-state index in [1.54, 1.807) is 0 Å². The zero-order valence-electron chi connectivity index (χ0n) is 13.6. The van der Waals surface area contributed by atoms with Crippen LogP contribution in [0.2, 0.25) is 0 Å². The molecule has 0 saturated carbocycles. The average molecular weight is 336 g/mol. The first-order valence-corrected chi connectivity index (χ1v) is 9.09. The van der Waals surface area contributed by atoms with Crippen molar-refractivity contribution in [1.82, 2.24) is 0 Å². The Morgan fingerprint density at radius 2 is 1.50 bits per heavy atom. The number of hydrogen-bond acceptors (Lipinski definition) is 2. The molecule has 1 N–H and O–H groups in total. The minimum atomic E-state index is -1.25. The van der Waals surface area contributed by atoms with Gasteiger partial charge in [-0.1, -0.05) is 66.2 Å². The van der Waals surface area contributed by atoms with Crippen molar-refractivity contribution in [1.29, 1.82) is 0 Å². The van der Waals surface area contributed by atoms with Gasteiger partial charge in [0.15, 0.2) is 0 Å². The molecule has 0 aliphatic carbocycles. The van der Waals surface area contributed by atoms with Gasteiger partial charge in [-0.3, -0.25) is 0 Å². The van der Waals surface area contributed by atoms with Crippen molar-refractivity contribution >= 4 is 10.8 Å². The summed E-state index contributed by atoms with van der Waals surface area (Å²) >= 11 is 0. The summed E-state index contributed by atoms with van der Waals surface area (Å²) in [6, 6.07) is 24.9. The SMILES string of the molecule is Cc1ccc(S(=O)c2ccccc2C[C@H](O)c2ccccc2)cc1. The van der Waals surface area contributed by atoms with Gasteiger partial charge >= 0.3 is 0 Å². The van der Waals surface area contributed by atoms with Crippen LogP contribution in [0, 0.1) is 6.92 Å². The molecule has 0 fully saturated rings. The molecule has 0 radical (unpaired) electrons. The minimum absolute atomic E-state index is 0.442. The molecule has 3 aromatic rings. The maximum Gasteiger partial charge on any atom is 0.0852 e.